The third kappa shape index (κ3) is 5.81. The van der Waals surface area contributed by atoms with Crippen molar-refractivity contribution in [1.82, 2.24) is 20.6 Å². The minimum atomic E-state index is -0.404. The van der Waals surface area contributed by atoms with E-state index in [2.05, 4.69) is 34.4 Å². The Balaban J connectivity index is 1.59. The smallest absolute Gasteiger partial charge is 0.273 e. The lowest BCUT2D eigenvalue weighted by molar-refractivity contribution is -0.123. The molecule has 0 unspecified atom stereocenters. The molecule has 0 spiro atoms. The Morgan fingerprint density at radius 2 is 1.88 bits per heavy atom. The summed E-state index contributed by atoms with van der Waals surface area (Å²) in [7, 11) is 1.50. The summed E-state index contributed by atoms with van der Waals surface area (Å²) in [6, 6.07) is 15.2. The van der Waals surface area contributed by atoms with Gasteiger partial charge >= 0.3 is 0 Å². The first-order valence-corrected chi connectivity index (χ1v) is 10.3. The second-order valence-corrected chi connectivity index (χ2v) is 7.56. The molecule has 166 valence electrons. The Bertz CT molecular complexity index is 1100. The molecule has 0 saturated carbocycles. The number of carbonyl (C=O) groups excluding carboxylic acids is 2. The molecular weight excluding hydrogens is 406 g/mol. The van der Waals surface area contributed by atoms with Gasteiger partial charge in [0.05, 0.1) is 11.9 Å². The number of ether oxygens (including phenoxy) is 1. The molecule has 0 aliphatic carbocycles. The summed E-state index contributed by atoms with van der Waals surface area (Å²) in [4.78, 5) is 32.5. The molecule has 3 rings (SSSR count). The van der Waals surface area contributed by atoms with E-state index in [1.54, 1.807) is 0 Å². The van der Waals surface area contributed by atoms with E-state index in [9.17, 15) is 9.59 Å². The predicted octanol–water partition coefficient (Wildman–Crippen LogP) is 2.90. The second kappa shape index (κ2) is 10.4. The van der Waals surface area contributed by atoms with Crippen LogP contribution in [0.4, 0.5) is 5.82 Å². The second-order valence-electron chi connectivity index (χ2n) is 7.56. The number of benzene rings is 2. The van der Waals surface area contributed by atoms with Crippen molar-refractivity contribution < 1.29 is 14.3 Å². The summed E-state index contributed by atoms with van der Waals surface area (Å²) in [5.74, 6) is 0.533. The molecule has 1 heterocycles. The fourth-order valence-corrected chi connectivity index (χ4v) is 3.01. The molecule has 3 aromatic rings. The Labute approximate surface area is 187 Å². The molecular formula is C24H27N5O3. The lowest BCUT2D eigenvalue weighted by Crippen LogP contribution is -2.28. The molecule has 8 heteroatoms. The fraction of sp³-hybridized carbons (Fsp3) is 0.250. The lowest BCUT2D eigenvalue weighted by atomic mass is 10.0. The van der Waals surface area contributed by atoms with E-state index in [1.165, 1.54) is 18.8 Å². The lowest BCUT2D eigenvalue weighted by Gasteiger charge is -2.10. The van der Waals surface area contributed by atoms with Gasteiger partial charge in [-0.2, -0.15) is 0 Å². The molecule has 2 amide bonds. The van der Waals surface area contributed by atoms with Crippen LogP contribution in [0.15, 0.2) is 54.7 Å². The van der Waals surface area contributed by atoms with Crippen LogP contribution < -0.4 is 21.1 Å². The highest BCUT2D eigenvalue weighted by molar-refractivity contribution is 5.96. The highest BCUT2D eigenvalue weighted by Crippen LogP contribution is 2.20. The minimum Gasteiger partial charge on any atom is -0.484 e. The van der Waals surface area contributed by atoms with Crippen molar-refractivity contribution in [2.45, 2.75) is 26.3 Å². The average Bonchev–Trinajstić information content (AvgIpc) is 2.81. The van der Waals surface area contributed by atoms with E-state index in [1.807, 2.05) is 48.5 Å². The monoisotopic (exact) mass is 433 g/mol. The van der Waals surface area contributed by atoms with Crippen molar-refractivity contribution in [2.75, 3.05) is 19.4 Å². The molecule has 2 aromatic carbocycles. The highest BCUT2D eigenvalue weighted by atomic mass is 16.5. The van der Waals surface area contributed by atoms with Crippen LogP contribution in [0.1, 0.15) is 41.4 Å². The Morgan fingerprint density at radius 1 is 1.12 bits per heavy atom. The van der Waals surface area contributed by atoms with Crippen LogP contribution in [-0.2, 0) is 11.3 Å². The maximum atomic E-state index is 12.2. The molecule has 8 nitrogen and oxygen atoms in total. The molecule has 4 N–H and O–H groups in total. The standard InChI is InChI=1S/C24H27N5O3/c1-15(2)17-7-9-19(10-8-17)32-14-21(30)27-12-16-5-4-6-18(11-16)20-13-28-23(25)22(29-20)24(31)26-3/h4-11,13,15H,12,14H2,1-3H3,(H2,25,28)(H,26,31)(H,27,30). The first kappa shape index (κ1) is 22.7. The number of hydrogen-bond donors (Lipinski definition) is 3. The van der Waals surface area contributed by atoms with Crippen molar-refractivity contribution >= 4 is 17.6 Å². The van der Waals surface area contributed by atoms with Gasteiger partial charge in [0.1, 0.15) is 5.75 Å². The number of rotatable bonds is 8. The summed E-state index contributed by atoms with van der Waals surface area (Å²) in [5, 5.41) is 5.34. The quantitative estimate of drug-likeness (QED) is 0.503. The van der Waals surface area contributed by atoms with Gasteiger partial charge in [0.25, 0.3) is 11.8 Å². The predicted molar refractivity (Wildman–Crippen MR) is 123 cm³/mol. The summed E-state index contributed by atoms with van der Waals surface area (Å²) in [6.45, 7) is 4.50. The van der Waals surface area contributed by atoms with Crippen molar-refractivity contribution in [3.05, 3.63) is 71.5 Å². The molecule has 0 aliphatic heterocycles. The van der Waals surface area contributed by atoms with Crippen molar-refractivity contribution in [3.63, 3.8) is 0 Å². The third-order valence-electron chi connectivity index (χ3n) is 4.87. The topological polar surface area (TPSA) is 119 Å². The zero-order valence-electron chi connectivity index (χ0n) is 18.4. The zero-order valence-corrected chi connectivity index (χ0v) is 18.4. The van der Waals surface area contributed by atoms with E-state index in [0.29, 0.717) is 23.9 Å². The summed E-state index contributed by atoms with van der Waals surface area (Å²) in [5.41, 5.74) is 9.19. The molecule has 0 radical (unpaired) electrons. The fourth-order valence-electron chi connectivity index (χ4n) is 3.01. The van der Waals surface area contributed by atoms with E-state index < -0.39 is 5.91 Å². The Morgan fingerprint density at radius 3 is 2.56 bits per heavy atom. The van der Waals surface area contributed by atoms with Gasteiger partial charge in [0.2, 0.25) is 0 Å². The number of nitrogens with one attached hydrogen (secondary N) is 2. The third-order valence-corrected chi connectivity index (χ3v) is 4.87. The van der Waals surface area contributed by atoms with Gasteiger partial charge in [-0.3, -0.25) is 9.59 Å². The van der Waals surface area contributed by atoms with E-state index >= 15 is 0 Å². The van der Waals surface area contributed by atoms with Crippen molar-refractivity contribution in [1.29, 1.82) is 0 Å². The Hall–Kier alpha value is -3.94. The summed E-state index contributed by atoms with van der Waals surface area (Å²) >= 11 is 0. The molecule has 0 bridgehead atoms. The number of aromatic nitrogens is 2. The van der Waals surface area contributed by atoms with Gasteiger partial charge in [0.15, 0.2) is 18.1 Å². The molecule has 1 aromatic heterocycles. The molecule has 0 atom stereocenters. The number of nitrogens with two attached hydrogens (primary N) is 1. The number of carbonyl (C=O) groups is 2. The van der Waals surface area contributed by atoms with Gasteiger partial charge in [-0.25, -0.2) is 9.97 Å². The van der Waals surface area contributed by atoms with Crippen LogP contribution in [0.2, 0.25) is 0 Å². The molecule has 32 heavy (non-hydrogen) atoms. The van der Waals surface area contributed by atoms with Crippen LogP contribution in [0.25, 0.3) is 11.3 Å². The maximum Gasteiger partial charge on any atom is 0.273 e. The van der Waals surface area contributed by atoms with Gasteiger partial charge in [-0.15, -0.1) is 0 Å². The van der Waals surface area contributed by atoms with Gasteiger partial charge in [-0.1, -0.05) is 44.2 Å². The van der Waals surface area contributed by atoms with Crippen molar-refractivity contribution in [3.8, 4) is 17.0 Å². The summed E-state index contributed by atoms with van der Waals surface area (Å²) in [6.07, 6.45) is 1.51. The van der Waals surface area contributed by atoms with Gasteiger partial charge < -0.3 is 21.1 Å². The number of nitrogen functional groups attached to an aromatic ring is 1. The molecule has 0 saturated heterocycles. The average molecular weight is 434 g/mol. The number of nitrogens with zero attached hydrogens (tertiary/aromatic N) is 2. The highest BCUT2D eigenvalue weighted by Gasteiger charge is 2.13. The molecule has 0 aliphatic rings. The van der Waals surface area contributed by atoms with Crippen LogP contribution in [0.5, 0.6) is 5.75 Å². The van der Waals surface area contributed by atoms with Crippen LogP contribution in [0.3, 0.4) is 0 Å². The van der Waals surface area contributed by atoms with E-state index in [-0.39, 0.29) is 24.0 Å². The number of amides is 2. The number of hydrogen-bond acceptors (Lipinski definition) is 6. The first-order chi connectivity index (χ1) is 15.4. The van der Waals surface area contributed by atoms with Crippen molar-refractivity contribution in [2.24, 2.45) is 0 Å². The first-order valence-electron chi connectivity index (χ1n) is 10.3. The van der Waals surface area contributed by atoms with Crippen LogP contribution in [0, 0.1) is 0 Å². The minimum absolute atomic E-state index is 0.0652. The van der Waals surface area contributed by atoms with E-state index in [4.69, 9.17) is 10.5 Å². The normalized spacial score (nSPS) is 10.6. The van der Waals surface area contributed by atoms with Gasteiger partial charge in [-0.05, 0) is 35.2 Å². The SMILES string of the molecule is CNC(=O)c1nc(-c2cccc(CNC(=O)COc3ccc(C(C)C)cc3)c2)cnc1N. The Kier molecular flexibility index (Phi) is 7.38. The molecule has 0 fully saturated rings. The van der Waals surface area contributed by atoms with Gasteiger partial charge in [0, 0.05) is 19.2 Å². The van der Waals surface area contributed by atoms with E-state index in [0.717, 1.165) is 11.1 Å². The largest absolute Gasteiger partial charge is 0.484 e. The number of anilines is 1. The summed E-state index contributed by atoms with van der Waals surface area (Å²) < 4.78 is 5.56. The van der Waals surface area contributed by atoms with Crippen LogP contribution in [-0.4, -0.2) is 35.4 Å². The van der Waals surface area contributed by atoms with Crippen LogP contribution >= 0.6 is 0 Å². The maximum absolute atomic E-state index is 12.2. The zero-order chi connectivity index (χ0) is 23.1.